The zero-order chi connectivity index (χ0) is 13.4. The third kappa shape index (κ3) is 4.33. The molecule has 0 aliphatic carbocycles. The second kappa shape index (κ2) is 7.66. The number of thiophene rings is 1. The Balaban J connectivity index is 2.79. The largest absolute Gasteiger partial charge is 0.513 e. The summed E-state index contributed by atoms with van der Waals surface area (Å²) in [5.41, 5.74) is 0. The lowest BCUT2D eigenvalue weighted by Crippen LogP contribution is -2.11. The quantitative estimate of drug-likeness (QED) is 0.259. The first-order valence-corrected chi connectivity index (χ1v) is 6.61. The molecule has 0 radical (unpaired) electrons. The van der Waals surface area contributed by atoms with Crippen LogP contribution < -0.4 is 0 Å². The minimum Gasteiger partial charge on any atom is -0.437 e. The van der Waals surface area contributed by atoms with Gasteiger partial charge in [-0.2, -0.15) is 0 Å². The zero-order valence-electron chi connectivity index (χ0n) is 10.5. The Kier molecular flexibility index (Phi) is 6.14. The molecule has 0 N–H and O–H groups in total. The van der Waals surface area contributed by atoms with Gasteiger partial charge in [-0.3, -0.25) is 4.79 Å². The third-order valence-corrected chi connectivity index (χ3v) is 3.08. The molecule has 1 aromatic rings. The standard InChI is InChI=1S/C13H16O4S/c1-3-4-5-7-10(17-13(15)16-2)12(14)11-8-6-9-18-11/h6-9H,3-5H2,1-2H3/b10-7+. The fraction of sp³-hybridized carbons (Fsp3) is 0.385. The van der Waals surface area contributed by atoms with Crippen LogP contribution in [0.1, 0.15) is 35.9 Å². The molecule has 0 saturated heterocycles. The monoisotopic (exact) mass is 268 g/mol. The van der Waals surface area contributed by atoms with E-state index in [0.29, 0.717) is 11.3 Å². The number of allylic oxidation sites excluding steroid dienone is 2. The van der Waals surface area contributed by atoms with E-state index in [2.05, 4.69) is 11.7 Å². The van der Waals surface area contributed by atoms with Gasteiger partial charge in [-0.1, -0.05) is 19.4 Å². The number of hydrogen-bond donors (Lipinski definition) is 0. The fourth-order valence-electron chi connectivity index (χ4n) is 1.28. The zero-order valence-corrected chi connectivity index (χ0v) is 11.3. The summed E-state index contributed by atoms with van der Waals surface area (Å²) in [5, 5.41) is 1.80. The van der Waals surface area contributed by atoms with Gasteiger partial charge >= 0.3 is 6.16 Å². The number of ether oxygens (including phenoxy) is 2. The van der Waals surface area contributed by atoms with Gasteiger partial charge in [0.2, 0.25) is 5.78 Å². The summed E-state index contributed by atoms with van der Waals surface area (Å²) in [5.74, 6) is -0.246. The number of carbonyl (C=O) groups excluding carboxylic acids is 2. The first kappa shape index (κ1) is 14.4. The van der Waals surface area contributed by atoms with Gasteiger partial charge in [0.1, 0.15) is 0 Å². The molecule has 0 aliphatic rings. The van der Waals surface area contributed by atoms with Gasteiger partial charge in [0.05, 0.1) is 12.0 Å². The molecule has 0 unspecified atom stereocenters. The summed E-state index contributed by atoms with van der Waals surface area (Å²) in [7, 11) is 1.21. The summed E-state index contributed by atoms with van der Waals surface area (Å²) in [4.78, 5) is 23.7. The SMILES string of the molecule is CCCC/C=C(/OC(=O)OC)C(=O)c1cccs1. The molecule has 1 heterocycles. The van der Waals surface area contributed by atoms with E-state index in [-0.39, 0.29) is 11.5 Å². The van der Waals surface area contributed by atoms with Gasteiger partial charge in [0.15, 0.2) is 5.76 Å². The lowest BCUT2D eigenvalue weighted by molar-refractivity contribution is 0.0793. The molecule has 0 spiro atoms. The fourth-order valence-corrected chi connectivity index (χ4v) is 1.95. The first-order valence-electron chi connectivity index (χ1n) is 5.73. The van der Waals surface area contributed by atoms with Crippen molar-refractivity contribution >= 4 is 23.3 Å². The summed E-state index contributed by atoms with van der Waals surface area (Å²) in [6, 6.07) is 3.47. The average molecular weight is 268 g/mol. The van der Waals surface area contributed by atoms with Crippen LogP contribution in [0.4, 0.5) is 4.79 Å². The van der Waals surface area contributed by atoms with Crippen molar-refractivity contribution in [1.82, 2.24) is 0 Å². The molecular weight excluding hydrogens is 252 g/mol. The van der Waals surface area contributed by atoms with Gasteiger partial charge < -0.3 is 9.47 Å². The summed E-state index contributed by atoms with van der Waals surface area (Å²) < 4.78 is 9.29. The molecule has 4 nitrogen and oxygen atoms in total. The van der Waals surface area contributed by atoms with Crippen LogP contribution in [0.3, 0.4) is 0 Å². The maximum atomic E-state index is 12.1. The van der Waals surface area contributed by atoms with Crippen molar-refractivity contribution in [3.63, 3.8) is 0 Å². The van der Waals surface area contributed by atoms with Crippen LogP contribution in [-0.4, -0.2) is 19.0 Å². The molecule has 0 fully saturated rings. The first-order chi connectivity index (χ1) is 8.69. The van der Waals surface area contributed by atoms with Crippen molar-refractivity contribution in [2.75, 3.05) is 7.11 Å². The molecule has 0 atom stereocenters. The van der Waals surface area contributed by atoms with Crippen molar-refractivity contribution < 1.29 is 19.1 Å². The number of rotatable bonds is 6. The highest BCUT2D eigenvalue weighted by Crippen LogP contribution is 2.17. The van der Waals surface area contributed by atoms with Crippen molar-refractivity contribution in [1.29, 1.82) is 0 Å². The van der Waals surface area contributed by atoms with Crippen molar-refractivity contribution in [3.8, 4) is 0 Å². The van der Waals surface area contributed by atoms with E-state index >= 15 is 0 Å². The van der Waals surface area contributed by atoms with Gasteiger partial charge in [0.25, 0.3) is 0 Å². The maximum Gasteiger partial charge on any atom is 0.513 e. The van der Waals surface area contributed by atoms with E-state index < -0.39 is 6.16 Å². The molecule has 98 valence electrons. The summed E-state index contributed by atoms with van der Waals surface area (Å²) in [6.45, 7) is 2.05. The second-order valence-corrected chi connectivity index (χ2v) is 4.52. The predicted molar refractivity (Wildman–Crippen MR) is 69.7 cm³/mol. The molecule has 0 aliphatic heterocycles. The van der Waals surface area contributed by atoms with Gasteiger partial charge in [-0.25, -0.2) is 4.79 Å². The molecule has 0 amide bonds. The van der Waals surface area contributed by atoms with Crippen LogP contribution in [0.25, 0.3) is 0 Å². The Morgan fingerprint density at radius 2 is 2.22 bits per heavy atom. The van der Waals surface area contributed by atoms with Crippen LogP contribution in [0, 0.1) is 0 Å². The minimum absolute atomic E-state index is 0.0396. The molecule has 1 rings (SSSR count). The van der Waals surface area contributed by atoms with Crippen LogP contribution in [0.2, 0.25) is 0 Å². The molecule has 0 saturated carbocycles. The van der Waals surface area contributed by atoms with E-state index in [1.807, 2.05) is 0 Å². The number of unbranched alkanes of at least 4 members (excludes halogenated alkanes) is 2. The Morgan fingerprint density at radius 3 is 2.78 bits per heavy atom. The third-order valence-electron chi connectivity index (χ3n) is 2.22. The van der Waals surface area contributed by atoms with Gasteiger partial charge in [-0.05, 0) is 30.4 Å². The average Bonchev–Trinajstić information content (AvgIpc) is 2.90. The Labute approximate surface area is 110 Å². The second-order valence-electron chi connectivity index (χ2n) is 3.57. The Morgan fingerprint density at radius 1 is 1.44 bits per heavy atom. The van der Waals surface area contributed by atoms with E-state index in [1.165, 1.54) is 18.4 Å². The number of carbonyl (C=O) groups is 2. The molecule has 18 heavy (non-hydrogen) atoms. The molecular formula is C13H16O4S. The smallest absolute Gasteiger partial charge is 0.437 e. The van der Waals surface area contributed by atoms with Gasteiger partial charge in [0, 0.05) is 0 Å². The van der Waals surface area contributed by atoms with Crippen molar-refractivity contribution in [2.45, 2.75) is 26.2 Å². The molecule has 1 aromatic heterocycles. The highest BCUT2D eigenvalue weighted by Gasteiger charge is 2.18. The molecule has 5 heteroatoms. The van der Waals surface area contributed by atoms with E-state index in [9.17, 15) is 9.59 Å². The Hall–Kier alpha value is -1.62. The summed E-state index contributed by atoms with van der Waals surface area (Å²) in [6.07, 6.45) is 3.41. The van der Waals surface area contributed by atoms with Crippen LogP contribution >= 0.6 is 11.3 Å². The maximum absolute atomic E-state index is 12.1. The molecule has 0 aromatic carbocycles. The minimum atomic E-state index is -0.873. The van der Waals surface area contributed by atoms with Gasteiger partial charge in [-0.15, -0.1) is 11.3 Å². The lowest BCUT2D eigenvalue weighted by Gasteiger charge is -2.05. The van der Waals surface area contributed by atoms with E-state index in [4.69, 9.17) is 4.74 Å². The van der Waals surface area contributed by atoms with Crippen molar-refractivity contribution in [3.05, 3.63) is 34.2 Å². The number of hydrogen-bond acceptors (Lipinski definition) is 5. The van der Waals surface area contributed by atoms with Crippen LogP contribution in [0.5, 0.6) is 0 Å². The highest BCUT2D eigenvalue weighted by atomic mass is 32.1. The van der Waals surface area contributed by atoms with Crippen molar-refractivity contribution in [2.24, 2.45) is 0 Å². The lowest BCUT2D eigenvalue weighted by atomic mass is 10.2. The normalized spacial score (nSPS) is 11.1. The van der Waals surface area contributed by atoms with E-state index in [1.54, 1.807) is 23.6 Å². The number of ketones is 1. The molecule has 0 bridgehead atoms. The predicted octanol–water partition coefficient (Wildman–Crippen LogP) is 3.79. The highest BCUT2D eigenvalue weighted by molar-refractivity contribution is 7.12. The van der Waals surface area contributed by atoms with Crippen LogP contribution in [0.15, 0.2) is 29.3 Å². The number of methoxy groups -OCH3 is 1. The summed E-state index contributed by atoms with van der Waals surface area (Å²) >= 11 is 1.31. The number of Topliss-reactive ketones (excluding diaryl/α,β-unsaturated/α-hetero) is 1. The topological polar surface area (TPSA) is 52.6 Å². The van der Waals surface area contributed by atoms with E-state index in [0.717, 1.165) is 12.8 Å². The Bertz CT molecular complexity index is 420. The van der Waals surface area contributed by atoms with Crippen LogP contribution in [-0.2, 0) is 9.47 Å².